The van der Waals surface area contributed by atoms with Gasteiger partial charge in [0.15, 0.2) is 12.4 Å². The van der Waals surface area contributed by atoms with E-state index in [4.69, 9.17) is 32.7 Å². The van der Waals surface area contributed by atoms with Crippen LogP contribution in [0.4, 0.5) is 5.69 Å². The minimum atomic E-state index is -0.253. The van der Waals surface area contributed by atoms with Crippen LogP contribution in [0.5, 0.6) is 11.5 Å². The summed E-state index contributed by atoms with van der Waals surface area (Å²) in [6.45, 7) is 8.06. The quantitative estimate of drug-likeness (QED) is 0.401. The van der Waals surface area contributed by atoms with Gasteiger partial charge in [0.05, 0.1) is 12.1 Å². The maximum atomic E-state index is 12.6. The molecule has 0 unspecified atom stereocenters. The van der Waals surface area contributed by atoms with Crippen molar-refractivity contribution in [3.8, 4) is 11.5 Å². The number of Topliss-reactive ketones (excluding diaryl/α,β-unsaturated/α-hetero) is 1. The van der Waals surface area contributed by atoms with Crippen molar-refractivity contribution in [1.29, 1.82) is 0 Å². The Bertz CT molecular complexity index is 1000. The van der Waals surface area contributed by atoms with E-state index in [0.29, 0.717) is 25.1 Å². The average Bonchev–Trinajstić information content (AvgIpc) is 2.84. The Morgan fingerprint density at radius 1 is 1.00 bits per heavy atom. The predicted molar refractivity (Wildman–Crippen MR) is 128 cm³/mol. The molecule has 1 saturated heterocycles. The number of halogens is 2. The number of rotatable bonds is 8. The first-order chi connectivity index (χ1) is 15.3. The van der Waals surface area contributed by atoms with Crippen LogP contribution in [0.1, 0.15) is 23.7 Å². The van der Waals surface area contributed by atoms with Gasteiger partial charge < -0.3 is 19.3 Å². The molecule has 1 heterocycles. The predicted octanol–water partition coefficient (Wildman–Crippen LogP) is 4.88. The highest BCUT2D eigenvalue weighted by Crippen LogP contribution is 2.36. The molecule has 0 aliphatic carbocycles. The van der Waals surface area contributed by atoms with Gasteiger partial charge in [-0.1, -0.05) is 36.7 Å². The molecule has 3 rings (SSSR count). The van der Waals surface area contributed by atoms with Crippen LogP contribution in [0, 0.1) is 0 Å². The van der Waals surface area contributed by atoms with Crippen molar-refractivity contribution in [3.05, 3.63) is 64.2 Å². The minimum absolute atomic E-state index is 0.101. The second-order valence-electron chi connectivity index (χ2n) is 7.38. The lowest BCUT2D eigenvalue weighted by molar-refractivity contribution is -0.133. The topological polar surface area (TPSA) is 59.1 Å². The molecule has 0 atom stereocenters. The number of anilines is 1. The smallest absolute Gasteiger partial charge is 0.260 e. The Kier molecular flexibility index (Phi) is 8.04. The number of allylic oxidation sites excluding steroid dienone is 1. The Morgan fingerprint density at radius 2 is 1.66 bits per heavy atom. The number of ketones is 1. The lowest BCUT2D eigenvalue weighted by Gasteiger charge is -2.36. The third-order valence-electron chi connectivity index (χ3n) is 5.46. The van der Waals surface area contributed by atoms with Gasteiger partial charge in [0.1, 0.15) is 16.5 Å². The van der Waals surface area contributed by atoms with Gasteiger partial charge in [-0.25, -0.2) is 0 Å². The number of carbonyl (C=O) groups excluding carboxylic acids is 2. The Hall–Kier alpha value is -2.70. The number of hydrogen-bond acceptors (Lipinski definition) is 5. The van der Waals surface area contributed by atoms with Crippen molar-refractivity contribution in [3.63, 3.8) is 0 Å². The number of methoxy groups -OCH3 is 1. The molecule has 1 aliphatic rings. The van der Waals surface area contributed by atoms with E-state index >= 15 is 0 Å². The zero-order valence-corrected chi connectivity index (χ0v) is 19.7. The molecule has 6 nitrogen and oxygen atoms in total. The van der Waals surface area contributed by atoms with E-state index in [0.717, 1.165) is 24.5 Å². The third-order valence-corrected chi connectivity index (χ3v) is 6.33. The van der Waals surface area contributed by atoms with Crippen LogP contribution >= 0.6 is 23.2 Å². The fraction of sp³-hybridized carbons (Fsp3) is 0.333. The first-order valence-corrected chi connectivity index (χ1v) is 11.1. The SMILES string of the molecule is C=C(CC)C(=O)c1ccc(OCC(=O)N2CCN(c3ccc(OC)cc3)CC2)c(Cl)c1Cl. The van der Waals surface area contributed by atoms with Crippen molar-refractivity contribution >= 4 is 40.6 Å². The van der Waals surface area contributed by atoms with Crippen LogP contribution in [0.15, 0.2) is 48.6 Å². The average molecular weight is 477 g/mol. The molecule has 1 fully saturated rings. The van der Waals surface area contributed by atoms with Gasteiger partial charge in [0.25, 0.3) is 5.91 Å². The van der Waals surface area contributed by atoms with Gasteiger partial charge in [-0.15, -0.1) is 0 Å². The first kappa shape index (κ1) is 24.0. The third kappa shape index (κ3) is 5.37. The number of ether oxygens (including phenoxy) is 2. The molecule has 32 heavy (non-hydrogen) atoms. The standard InChI is InChI=1S/C24H26Cl2N2O4/c1-4-16(2)24(30)19-9-10-20(23(26)22(19)25)32-15-21(29)28-13-11-27(12-14-28)17-5-7-18(31-3)8-6-17/h5-10H,2,4,11-15H2,1,3H3. The molecule has 0 bridgehead atoms. The zero-order valence-electron chi connectivity index (χ0n) is 18.2. The molecule has 0 saturated carbocycles. The largest absolute Gasteiger partial charge is 0.497 e. The Morgan fingerprint density at radius 3 is 2.25 bits per heavy atom. The Labute approximate surface area is 198 Å². The molecule has 0 aromatic heterocycles. The van der Waals surface area contributed by atoms with E-state index in [1.54, 1.807) is 24.1 Å². The lowest BCUT2D eigenvalue weighted by Crippen LogP contribution is -2.50. The van der Waals surface area contributed by atoms with E-state index in [1.807, 2.05) is 31.2 Å². The molecule has 8 heteroatoms. The fourth-order valence-electron chi connectivity index (χ4n) is 3.41. The van der Waals surface area contributed by atoms with Crippen molar-refractivity contribution in [2.24, 2.45) is 0 Å². The monoisotopic (exact) mass is 476 g/mol. The molecule has 170 valence electrons. The minimum Gasteiger partial charge on any atom is -0.497 e. The first-order valence-electron chi connectivity index (χ1n) is 10.4. The highest BCUT2D eigenvalue weighted by atomic mass is 35.5. The van der Waals surface area contributed by atoms with Crippen molar-refractivity contribution < 1.29 is 19.1 Å². The fourth-order valence-corrected chi connectivity index (χ4v) is 3.87. The van der Waals surface area contributed by atoms with Crippen LogP contribution in [0.2, 0.25) is 10.0 Å². The summed E-state index contributed by atoms with van der Waals surface area (Å²) in [5.41, 5.74) is 1.81. The summed E-state index contributed by atoms with van der Waals surface area (Å²) in [7, 11) is 1.64. The summed E-state index contributed by atoms with van der Waals surface area (Å²) in [5.74, 6) is 0.689. The van der Waals surface area contributed by atoms with E-state index in [9.17, 15) is 9.59 Å². The normalized spacial score (nSPS) is 13.6. The molecular weight excluding hydrogens is 451 g/mol. The molecule has 1 aliphatic heterocycles. The molecule has 0 N–H and O–H groups in total. The van der Waals surface area contributed by atoms with Crippen molar-refractivity contribution in [2.75, 3.05) is 44.8 Å². The van der Waals surface area contributed by atoms with E-state index in [2.05, 4.69) is 11.5 Å². The van der Waals surface area contributed by atoms with Crippen molar-refractivity contribution in [1.82, 2.24) is 4.90 Å². The van der Waals surface area contributed by atoms with Gasteiger partial charge in [0.2, 0.25) is 0 Å². The maximum Gasteiger partial charge on any atom is 0.260 e. The van der Waals surface area contributed by atoms with Crippen LogP contribution in [-0.2, 0) is 4.79 Å². The summed E-state index contributed by atoms with van der Waals surface area (Å²) in [5, 5.41) is 0.211. The number of benzene rings is 2. The number of piperazine rings is 1. The van der Waals surface area contributed by atoms with Gasteiger partial charge >= 0.3 is 0 Å². The second-order valence-corrected chi connectivity index (χ2v) is 8.14. The summed E-state index contributed by atoms with van der Waals surface area (Å²) >= 11 is 12.6. The van der Waals surface area contributed by atoms with E-state index < -0.39 is 0 Å². The number of amides is 1. The van der Waals surface area contributed by atoms with E-state index in [-0.39, 0.29) is 39.7 Å². The second kappa shape index (κ2) is 10.7. The summed E-state index contributed by atoms with van der Waals surface area (Å²) in [4.78, 5) is 28.9. The van der Waals surface area contributed by atoms with Gasteiger partial charge in [0, 0.05) is 37.4 Å². The summed E-state index contributed by atoms with van der Waals surface area (Å²) in [6.07, 6.45) is 0.519. The van der Waals surface area contributed by atoms with Crippen LogP contribution in [0.25, 0.3) is 0 Å². The van der Waals surface area contributed by atoms with Crippen LogP contribution in [-0.4, -0.2) is 56.5 Å². The molecule has 1 amide bonds. The molecule has 2 aromatic rings. The van der Waals surface area contributed by atoms with Crippen molar-refractivity contribution in [2.45, 2.75) is 13.3 Å². The van der Waals surface area contributed by atoms with Gasteiger partial charge in [-0.3, -0.25) is 9.59 Å². The Balaban J connectivity index is 1.55. The highest BCUT2D eigenvalue weighted by molar-refractivity contribution is 6.45. The molecule has 0 spiro atoms. The number of carbonyl (C=O) groups is 2. The molecular formula is C24H26Cl2N2O4. The van der Waals surface area contributed by atoms with Gasteiger partial charge in [-0.05, 0) is 48.4 Å². The molecule has 0 radical (unpaired) electrons. The zero-order chi connectivity index (χ0) is 23.3. The van der Waals surface area contributed by atoms with E-state index in [1.165, 1.54) is 0 Å². The summed E-state index contributed by atoms with van der Waals surface area (Å²) in [6, 6.07) is 11.0. The summed E-state index contributed by atoms with van der Waals surface area (Å²) < 4.78 is 10.8. The number of hydrogen-bond donors (Lipinski definition) is 0. The number of nitrogens with zero attached hydrogens (tertiary/aromatic N) is 2. The lowest BCUT2D eigenvalue weighted by atomic mass is 10.0. The maximum absolute atomic E-state index is 12.6. The van der Waals surface area contributed by atoms with Gasteiger partial charge in [-0.2, -0.15) is 0 Å². The molecule has 2 aromatic carbocycles. The van der Waals surface area contributed by atoms with Crippen LogP contribution < -0.4 is 14.4 Å². The highest BCUT2D eigenvalue weighted by Gasteiger charge is 2.23. The van der Waals surface area contributed by atoms with Crippen LogP contribution in [0.3, 0.4) is 0 Å².